The zero-order valence-electron chi connectivity index (χ0n) is 22.0. The van der Waals surface area contributed by atoms with Crippen LogP contribution in [0.2, 0.25) is 0 Å². The lowest BCUT2D eigenvalue weighted by Gasteiger charge is -2.30. The molecule has 0 aromatic heterocycles. The molecule has 0 bridgehead atoms. The van der Waals surface area contributed by atoms with Crippen molar-refractivity contribution >= 4 is 23.9 Å². The molecule has 2 heterocycles. The monoisotopic (exact) mass is 507 g/mol. The Hall–Kier alpha value is -2.62. The molecule has 10 heteroatoms. The van der Waals surface area contributed by atoms with Crippen LogP contribution in [0.25, 0.3) is 0 Å². The first-order chi connectivity index (χ1) is 16.9. The number of carbonyl (C=O) groups is 4. The molecule has 0 radical (unpaired) electrons. The van der Waals surface area contributed by atoms with Crippen LogP contribution in [0.4, 0.5) is 4.79 Å². The highest BCUT2D eigenvalue weighted by Crippen LogP contribution is 2.46. The van der Waals surface area contributed by atoms with Crippen LogP contribution in [0.3, 0.4) is 0 Å². The summed E-state index contributed by atoms with van der Waals surface area (Å²) in [6.07, 6.45) is 5.57. The normalized spacial score (nSPS) is 33.4. The maximum atomic E-state index is 13.6. The van der Waals surface area contributed by atoms with E-state index in [-0.39, 0.29) is 25.5 Å². The highest BCUT2D eigenvalue weighted by atomic mass is 16.6. The Labute approximate surface area is 213 Å². The molecule has 6 atom stereocenters. The lowest BCUT2D eigenvalue weighted by atomic mass is 9.97. The maximum Gasteiger partial charge on any atom is 0.408 e. The van der Waals surface area contributed by atoms with Gasteiger partial charge in [-0.3, -0.25) is 9.59 Å². The standard InChI is InChI=1S/C26H41N3O7/c1-6-35-23(33)26-14-17(26)11-7-9-16(2)10-8-12-19(27-24(34)36-25(3,4)5)22(32)29-15-18(30)13-20(29)21(31)28-26/h7,11,16-20,30H,6,8-10,12-15H2,1-5H3,(H,27,34)(H,28,31)/t16?,17-,18-,19+,20+,26-/m1/s1. The van der Waals surface area contributed by atoms with Gasteiger partial charge in [0.15, 0.2) is 0 Å². The SMILES string of the molecule is CCOC(=O)[C@@]12C[C@H]1C=CCC(C)CCC[C@H](NC(=O)OC(C)(C)C)C(=O)N1C[C@H](O)C[C@H]1C(=O)N2. The molecule has 1 saturated heterocycles. The number of esters is 1. The fourth-order valence-electron chi connectivity index (χ4n) is 4.99. The molecular formula is C26H41N3O7. The van der Waals surface area contributed by atoms with E-state index in [1.807, 2.05) is 12.2 Å². The lowest BCUT2D eigenvalue weighted by molar-refractivity contribution is -0.150. The third kappa shape index (κ3) is 6.78. The van der Waals surface area contributed by atoms with E-state index in [9.17, 15) is 24.3 Å². The van der Waals surface area contributed by atoms with Crippen molar-refractivity contribution in [1.29, 1.82) is 0 Å². The average Bonchev–Trinajstić information content (AvgIpc) is 3.31. The van der Waals surface area contributed by atoms with E-state index in [0.29, 0.717) is 25.2 Å². The Balaban J connectivity index is 1.87. The van der Waals surface area contributed by atoms with E-state index in [2.05, 4.69) is 17.6 Å². The molecule has 1 unspecified atom stereocenters. The molecular weight excluding hydrogens is 466 g/mol. The summed E-state index contributed by atoms with van der Waals surface area (Å²) in [4.78, 5) is 53.6. The topological polar surface area (TPSA) is 134 Å². The number of ether oxygens (including phenoxy) is 2. The van der Waals surface area contributed by atoms with Crippen molar-refractivity contribution in [2.75, 3.05) is 13.2 Å². The largest absolute Gasteiger partial charge is 0.464 e. The first-order valence-electron chi connectivity index (χ1n) is 13.0. The molecule has 2 aliphatic heterocycles. The molecule has 0 aromatic carbocycles. The van der Waals surface area contributed by atoms with Gasteiger partial charge in [0.05, 0.1) is 12.7 Å². The van der Waals surface area contributed by atoms with Crippen molar-refractivity contribution in [3.05, 3.63) is 12.2 Å². The van der Waals surface area contributed by atoms with Crippen LogP contribution in [-0.4, -0.2) is 76.4 Å². The smallest absolute Gasteiger partial charge is 0.408 e. The van der Waals surface area contributed by atoms with E-state index in [0.717, 1.165) is 12.8 Å². The van der Waals surface area contributed by atoms with Gasteiger partial charge in [0.2, 0.25) is 11.8 Å². The van der Waals surface area contributed by atoms with Crippen molar-refractivity contribution in [3.8, 4) is 0 Å². The van der Waals surface area contributed by atoms with Gasteiger partial charge in [-0.1, -0.05) is 31.9 Å². The molecule has 1 saturated carbocycles. The number of hydrogen-bond donors (Lipinski definition) is 3. The number of aliphatic hydroxyl groups excluding tert-OH is 1. The van der Waals surface area contributed by atoms with Crippen LogP contribution in [0.1, 0.15) is 73.1 Å². The highest BCUT2D eigenvalue weighted by molar-refractivity contribution is 5.96. The van der Waals surface area contributed by atoms with E-state index >= 15 is 0 Å². The number of fused-ring (bicyclic) bond motifs is 2. The third-order valence-electron chi connectivity index (χ3n) is 6.95. The molecule has 3 amide bonds. The molecule has 3 N–H and O–H groups in total. The first kappa shape index (κ1) is 28.0. The Morgan fingerprint density at radius 3 is 2.67 bits per heavy atom. The van der Waals surface area contributed by atoms with E-state index < -0.39 is 53.2 Å². The Morgan fingerprint density at radius 2 is 2.00 bits per heavy atom. The minimum absolute atomic E-state index is 0.0322. The second-order valence-electron chi connectivity index (χ2n) is 11.3. The van der Waals surface area contributed by atoms with E-state index in [1.54, 1.807) is 27.7 Å². The van der Waals surface area contributed by atoms with E-state index in [1.165, 1.54) is 4.90 Å². The van der Waals surface area contributed by atoms with Crippen molar-refractivity contribution in [2.24, 2.45) is 11.8 Å². The fourth-order valence-corrected chi connectivity index (χ4v) is 4.99. The molecule has 202 valence electrons. The van der Waals surface area contributed by atoms with E-state index in [4.69, 9.17) is 9.47 Å². The summed E-state index contributed by atoms with van der Waals surface area (Å²) in [5.41, 5.74) is -1.90. The molecule has 1 aliphatic carbocycles. The predicted octanol–water partition coefficient (Wildman–Crippen LogP) is 2.05. The molecule has 36 heavy (non-hydrogen) atoms. The van der Waals surface area contributed by atoms with Crippen LogP contribution in [0, 0.1) is 11.8 Å². The summed E-state index contributed by atoms with van der Waals surface area (Å²) >= 11 is 0. The van der Waals surface area contributed by atoms with Gasteiger partial charge in [-0.2, -0.15) is 0 Å². The minimum atomic E-state index is -1.16. The first-order valence-corrected chi connectivity index (χ1v) is 13.0. The molecule has 0 aromatic rings. The minimum Gasteiger partial charge on any atom is -0.464 e. The summed E-state index contributed by atoms with van der Waals surface area (Å²) in [6.45, 7) is 9.19. The molecule has 0 spiro atoms. The van der Waals surface area contributed by atoms with Gasteiger partial charge < -0.3 is 30.1 Å². The van der Waals surface area contributed by atoms with Crippen LogP contribution in [-0.2, 0) is 23.9 Å². The summed E-state index contributed by atoms with van der Waals surface area (Å²) < 4.78 is 10.6. The van der Waals surface area contributed by atoms with Crippen molar-refractivity contribution in [2.45, 2.75) is 102 Å². The predicted molar refractivity (Wildman–Crippen MR) is 132 cm³/mol. The number of allylic oxidation sites excluding steroid dienone is 1. The van der Waals surface area contributed by atoms with Gasteiger partial charge in [-0.05, 0) is 52.9 Å². The summed E-state index contributed by atoms with van der Waals surface area (Å²) in [7, 11) is 0. The number of aliphatic hydroxyl groups is 1. The number of hydrogen-bond acceptors (Lipinski definition) is 7. The van der Waals surface area contributed by atoms with Gasteiger partial charge in [0.1, 0.15) is 23.2 Å². The molecule has 10 nitrogen and oxygen atoms in total. The second kappa shape index (κ2) is 11.2. The Kier molecular flexibility index (Phi) is 8.69. The van der Waals surface area contributed by atoms with Crippen molar-refractivity contribution < 1.29 is 33.8 Å². The third-order valence-corrected chi connectivity index (χ3v) is 6.95. The van der Waals surface area contributed by atoms with Crippen LogP contribution < -0.4 is 10.6 Å². The average molecular weight is 508 g/mol. The number of alkyl carbamates (subject to hydrolysis) is 1. The maximum absolute atomic E-state index is 13.6. The summed E-state index contributed by atoms with van der Waals surface area (Å²) in [6, 6.07) is -1.86. The van der Waals surface area contributed by atoms with Crippen molar-refractivity contribution in [1.82, 2.24) is 15.5 Å². The zero-order valence-corrected chi connectivity index (χ0v) is 22.0. The van der Waals surface area contributed by atoms with Crippen molar-refractivity contribution in [3.63, 3.8) is 0 Å². The number of nitrogens with one attached hydrogen (secondary N) is 2. The Bertz CT molecular complexity index is 883. The number of nitrogens with zero attached hydrogens (tertiary/aromatic N) is 1. The van der Waals surface area contributed by atoms with Crippen LogP contribution in [0.5, 0.6) is 0 Å². The number of carbonyl (C=O) groups excluding carboxylic acids is 4. The molecule has 3 rings (SSSR count). The highest BCUT2D eigenvalue weighted by Gasteiger charge is 2.62. The number of amides is 3. The number of rotatable bonds is 3. The van der Waals surface area contributed by atoms with Gasteiger partial charge in [-0.15, -0.1) is 0 Å². The lowest BCUT2D eigenvalue weighted by Crippen LogP contribution is -2.56. The van der Waals surface area contributed by atoms with Gasteiger partial charge in [0, 0.05) is 18.9 Å². The zero-order chi connectivity index (χ0) is 26.7. The van der Waals surface area contributed by atoms with Crippen LogP contribution >= 0.6 is 0 Å². The quantitative estimate of drug-likeness (QED) is 0.393. The summed E-state index contributed by atoms with van der Waals surface area (Å²) in [5, 5.41) is 15.9. The van der Waals surface area contributed by atoms with Gasteiger partial charge in [-0.25, -0.2) is 9.59 Å². The second-order valence-corrected chi connectivity index (χ2v) is 11.3. The van der Waals surface area contributed by atoms with Gasteiger partial charge >= 0.3 is 12.1 Å². The Morgan fingerprint density at radius 1 is 1.28 bits per heavy atom. The van der Waals surface area contributed by atoms with Gasteiger partial charge in [0.25, 0.3) is 0 Å². The fraction of sp³-hybridized carbons (Fsp3) is 0.769. The summed E-state index contributed by atoms with van der Waals surface area (Å²) in [5.74, 6) is -1.31. The molecule has 3 aliphatic rings. The molecule has 2 fully saturated rings. The van der Waals surface area contributed by atoms with Crippen LogP contribution in [0.15, 0.2) is 12.2 Å².